The Labute approximate surface area is 141 Å². The first-order valence-electron chi connectivity index (χ1n) is 7.75. The molecule has 5 aromatic rings. The van der Waals surface area contributed by atoms with Gasteiger partial charge in [0.1, 0.15) is 20.6 Å². The summed E-state index contributed by atoms with van der Waals surface area (Å²) in [7, 11) is 1.72. The Hall–Kier alpha value is -2.57. The van der Waals surface area contributed by atoms with E-state index in [1.54, 1.807) is 18.4 Å². The molecule has 0 bridgehead atoms. The van der Waals surface area contributed by atoms with Gasteiger partial charge in [0.15, 0.2) is 5.52 Å². The molecule has 0 amide bonds. The minimum atomic E-state index is 0.561. The highest BCUT2D eigenvalue weighted by molar-refractivity contribution is 7.26. The van der Waals surface area contributed by atoms with Crippen molar-refractivity contribution >= 4 is 48.5 Å². The van der Waals surface area contributed by atoms with E-state index in [9.17, 15) is 0 Å². The van der Waals surface area contributed by atoms with E-state index in [4.69, 9.17) is 14.7 Å². The van der Waals surface area contributed by atoms with Crippen LogP contribution in [-0.2, 0) is 11.3 Å². The third-order valence-corrected chi connectivity index (χ3v) is 5.40. The quantitative estimate of drug-likeness (QED) is 0.502. The summed E-state index contributed by atoms with van der Waals surface area (Å²) in [4.78, 5) is 14.0. The molecule has 5 nitrogen and oxygen atoms in total. The summed E-state index contributed by atoms with van der Waals surface area (Å²) in [5.74, 6) is 0. The van der Waals surface area contributed by atoms with Gasteiger partial charge in [0, 0.05) is 12.8 Å². The normalized spacial score (nSPS) is 12.1. The average molecular weight is 335 g/mol. The van der Waals surface area contributed by atoms with Crippen molar-refractivity contribution in [3.8, 4) is 0 Å². The van der Waals surface area contributed by atoms with Crippen molar-refractivity contribution < 1.29 is 9.14 Å². The fourth-order valence-electron chi connectivity index (χ4n) is 3.35. The summed E-state index contributed by atoms with van der Waals surface area (Å²) < 4.78 is 8.61. The van der Waals surface area contributed by atoms with Crippen LogP contribution >= 0.6 is 11.3 Å². The van der Waals surface area contributed by atoms with Crippen molar-refractivity contribution in [1.29, 1.82) is 0 Å². The number of thiophene rings is 1. The van der Waals surface area contributed by atoms with Crippen LogP contribution in [-0.4, -0.2) is 22.1 Å². The molecule has 6 heteroatoms. The molecule has 0 saturated carbocycles. The van der Waals surface area contributed by atoms with Gasteiger partial charge in [-0.2, -0.15) is 4.40 Å². The van der Waals surface area contributed by atoms with Crippen LogP contribution in [0.2, 0.25) is 0 Å². The number of pyridine rings is 1. The van der Waals surface area contributed by atoms with Gasteiger partial charge in [-0.25, -0.2) is 4.98 Å². The van der Waals surface area contributed by atoms with E-state index >= 15 is 0 Å². The lowest BCUT2D eigenvalue weighted by atomic mass is 10.1. The summed E-state index contributed by atoms with van der Waals surface area (Å²) in [6.45, 7) is 2.58. The van der Waals surface area contributed by atoms with E-state index in [1.165, 1.54) is 0 Å². The van der Waals surface area contributed by atoms with E-state index < -0.39 is 0 Å². The first kappa shape index (κ1) is 13.8. The minimum absolute atomic E-state index is 0.561. The number of ether oxygens (including phenoxy) is 1. The van der Waals surface area contributed by atoms with Crippen LogP contribution in [0.1, 0.15) is 11.3 Å². The van der Waals surface area contributed by atoms with E-state index in [-0.39, 0.29) is 0 Å². The minimum Gasteiger partial charge on any atom is -0.380 e. The summed E-state index contributed by atoms with van der Waals surface area (Å²) >= 11 is 1.68. The van der Waals surface area contributed by atoms with Crippen LogP contribution < -0.4 is 4.40 Å². The summed E-state index contributed by atoms with van der Waals surface area (Å²) in [6.07, 6.45) is 1.89. The van der Waals surface area contributed by atoms with Crippen molar-refractivity contribution in [2.24, 2.45) is 0 Å². The molecule has 5 rings (SSSR count). The maximum atomic E-state index is 5.38. The Kier molecular flexibility index (Phi) is 2.86. The van der Waals surface area contributed by atoms with Crippen LogP contribution in [0.4, 0.5) is 0 Å². The van der Waals surface area contributed by atoms with Crippen LogP contribution in [0, 0.1) is 6.92 Å². The smallest absolute Gasteiger partial charge is 0.252 e. The summed E-state index contributed by atoms with van der Waals surface area (Å²) in [5.41, 5.74) is 6.42. The Morgan fingerprint density at radius 1 is 1.29 bits per heavy atom. The Balaban J connectivity index is 1.98. The number of aromatic nitrogens is 4. The lowest BCUT2D eigenvalue weighted by Gasteiger charge is -2.02. The number of methoxy groups -OCH3 is 1. The third-order valence-electron chi connectivity index (χ3n) is 4.32. The number of para-hydroxylation sites is 2. The molecule has 0 aliphatic carbocycles. The molecule has 0 spiro atoms. The van der Waals surface area contributed by atoms with Crippen molar-refractivity contribution in [2.45, 2.75) is 13.5 Å². The van der Waals surface area contributed by atoms with E-state index in [2.05, 4.69) is 27.6 Å². The van der Waals surface area contributed by atoms with Gasteiger partial charge in [-0.05, 0) is 30.7 Å². The largest absolute Gasteiger partial charge is 0.380 e. The monoisotopic (exact) mass is 335 g/mol. The van der Waals surface area contributed by atoms with Crippen molar-refractivity contribution in [1.82, 2.24) is 15.0 Å². The summed E-state index contributed by atoms with van der Waals surface area (Å²) in [6, 6.07) is 10.3. The van der Waals surface area contributed by atoms with Gasteiger partial charge in [-0.15, -0.1) is 16.3 Å². The zero-order valence-electron chi connectivity index (χ0n) is 13.3. The molecule has 0 aliphatic heterocycles. The highest BCUT2D eigenvalue weighted by Gasteiger charge is 2.21. The first-order valence-corrected chi connectivity index (χ1v) is 8.56. The van der Waals surface area contributed by atoms with Gasteiger partial charge in [0.25, 0.3) is 5.65 Å². The SMILES string of the molecule is COCc1cc(C)nc2sc3c(nc[n+]4c5ccccc5[nH]c34)c12. The van der Waals surface area contributed by atoms with Crippen LogP contribution in [0.15, 0.2) is 36.7 Å². The molecule has 4 aromatic heterocycles. The Bertz CT molecular complexity index is 1240. The maximum absolute atomic E-state index is 5.38. The number of benzene rings is 1. The second-order valence-corrected chi connectivity index (χ2v) is 6.92. The molecular weight excluding hydrogens is 320 g/mol. The zero-order chi connectivity index (χ0) is 16.3. The van der Waals surface area contributed by atoms with E-state index in [0.717, 1.165) is 48.4 Å². The molecule has 0 saturated heterocycles. The Morgan fingerprint density at radius 3 is 3.04 bits per heavy atom. The number of aryl methyl sites for hydroxylation is 1. The molecule has 0 atom stereocenters. The molecule has 0 aliphatic rings. The number of nitrogens with zero attached hydrogens (tertiary/aromatic N) is 3. The van der Waals surface area contributed by atoms with Gasteiger partial charge < -0.3 is 4.74 Å². The fourth-order valence-corrected chi connectivity index (χ4v) is 4.56. The molecule has 24 heavy (non-hydrogen) atoms. The number of hydrogen-bond acceptors (Lipinski definition) is 4. The summed E-state index contributed by atoms with van der Waals surface area (Å²) in [5, 5.41) is 1.10. The molecule has 0 radical (unpaired) electrons. The number of hydrogen-bond donors (Lipinski definition) is 1. The Morgan fingerprint density at radius 2 is 2.17 bits per heavy atom. The predicted octanol–water partition coefficient (Wildman–Crippen LogP) is 3.52. The van der Waals surface area contributed by atoms with Crippen LogP contribution in [0.25, 0.3) is 37.1 Å². The third kappa shape index (κ3) is 1.81. The molecule has 118 valence electrons. The van der Waals surface area contributed by atoms with Gasteiger partial charge in [-0.1, -0.05) is 12.1 Å². The molecular formula is C18H15N4OS+. The highest BCUT2D eigenvalue weighted by atomic mass is 32.1. The number of rotatable bonds is 2. The number of fused-ring (bicyclic) bond motifs is 7. The van der Waals surface area contributed by atoms with Gasteiger partial charge >= 0.3 is 0 Å². The maximum Gasteiger partial charge on any atom is 0.252 e. The predicted molar refractivity (Wildman–Crippen MR) is 95.4 cm³/mol. The average Bonchev–Trinajstić information content (AvgIpc) is 3.12. The van der Waals surface area contributed by atoms with Gasteiger partial charge in [-0.3, -0.25) is 4.98 Å². The van der Waals surface area contributed by atoms with Crippen molar-refractivity contribution in [2.75, 3.05) is 7.11 Å². The second kappa shape index (κ2) is 4.96. The van der Waals surface area contributed by atoms with Gasteiger partial charge in [0.05, 0.1) is 12.0 Å². The van der Waals surface area contributed by atoms with Crippen LogP contribution in [0.5, 0.6) is 0 Å². The molecule has 1 aromatic carbocycles. The van der Waals surface area contributed by atoms with E-state index in [1.807, 2.05) is 25.4 Å². The lowest BCUT2D eigenvalue weighted by Crippen LogP contribution is -2.19. The molecule has 1 N–H and O–H groups in total. The zero-order valence-corrected chi connectivity index (χ0v) is 14.1. The lowest BCUT2D eigenvalue weighted by molar-refractivity contribution is -0.483. The number of aromatic amines is 1. The molecule has 0 unspecified atom stereocenters. The fraction of sp³-hybridized carbons (Fsp3) is 0.167. The van der Waals surface area contributed by atoms with E-state index in [0.29, 0.717) is 6.61 Å². The van der Waals surface area contributed by atoms with Crippen molar-refractivity contribution in [3.05, 3.63) is 47.9 Å². The molecule has 0 fully saturated rings. The standard InChI is InChI=1S/C18H14N4OS/c1-10-7-11(8-23-2)14-15-16(24-18(14)20-10)17-21-12-5-3-4-6-13(12)22(17)9-19-15/h3-7,9H,8H2,1-2H3/p+1. The van der Waals surface area contributed by atoms with Crippen molar-refractivity contribution in [3.63, 3.8) is 0 Å². The second-order valence-electron chi connectivity index (χ2n) is 5.92. The topological polar surface area (TPSA) is 54.9 Å². The molecule has 4 heterocycles. The number of H-pyrrole nitrogens is 1. The van der Waals surface area contributed by atoms with Crippen LogP contribution in [0.3, 0.4) is 0 Å². The first-order chi connectivity index (χ1) is 11.8. The number of imidazole rings is 1. The van der Waals surface area contributed by atoms with Gasteiger partial charge in [0.2, 0.25) is 6.33 Å². The highest BCUT2D eigenvalue weighted by Crippen LogP contribution is 2.35. The number of nitrogens with one attached hydrogen (secondary N) is 1.